The lowest BCUT2D eigenvalue weighted by atomic mass is 9.84. The normalized spacial score (nSPS) is 18.1. The van der Waals surface area contributed by atoms with Gasteiger partial charge in [-0.3, -0.25) is 0 Å². The van der Waals surface area contributed by atoms with Crippen LogP contribution in [-0.2, 0) is 0 Å². The molecule has 0 bridgehead atoms. The Hall–Kier alpha value is -5.92. The van der Waals surface area contributed by atoms with E-state index >= 15 is 0 Å². The molecular formula is C44H28O. The zero-order chi connectivity index (χ0) is 48.0. The number of hydrogen-bond acceptors (Lipinski definition) is 1. The van der Waals surface area contributed by atoms with Gasteiger partial charge in [0.25, 0.3) is 0 Å². The van der Waals surface area contributed by atoms with Crippen molar-refractivity contribution in [3.05, 3.63) is 169 Å². The van der Waals surface area contributed by atoms with Crippen molar-refractivity contribution < 1.29 is 33.2 Å². The van der Waals surface area contributed by atoms with Crippen molar-refractivity contribution in [2.24, 2.45) is 0 Å². The molecule has 1 nitrogen and oxygen atoms in total. The molecule has 1 aromatic heterocycles. The first kappa shape index (κ1) is 12.2. The first-order chi connectivity index (χ1) is 31.1. The van der Waals surface area contributed by atoms with Crippen molar-refractivity contribution in [1.29, 1.82) is 0 Å². The summed E-state index contributed by atoms with van der Waals surface area (Å²) < 4.78 is 196. The van der Waals surface area contributed by atoms with Gasteiger partial charge in [-0.25, -0.2) is 0 Å². The number of fused-ring (bicyclic) bond motifs is 4. The summed E-state index contributed by atoms with van der Waals surface area (Å²) in [5, 5.41) is -1.41. The smallest absolute Gasteiger partial charge is 0.136 e. The van der Waals surface area contributed by atoms with Gasteiger partial charge in [-0.1, -0.05) is 157 Å². The maximum atomic E-state index is 9.67. The Bertz CT molecular complexity index is 3610. The number of hydrogen-bond donors (Lipinski definition) is 0. The molecule has 0 N–H and O–H groups in total. The Labute approximate surface area is 291 Å². The van der Waals surface area contributed by atoms with Gasteiger partial charge in [0.05, 0.1) is 28.8 Å². The molecule has 9 rings (SSSR count). The molecule has 0 amide bonds. The highest BCUT2D eigenvalue weighted by atomic mass is 16.3. The lowest BCUT2D eigenvalue weighted by Gasteiger charge is -2.19. The molecule has 0 aliphatic heterocycles. The molecule has 0 saturated carbocycles. The van der Waals surface area contributed by atoms with Crippen LogP contribution >= 0.6 is 0 Å². The number of benzene rings is 8. The maximum absolute atomic E-state index is 9.67. The van der Waals surface area contributed by atoms with Crippen LogP contribution < -0.4 is 0 Å². The molecule has 0 spiro atoms. The van der Waals surface area contributed by atoms with Gasteiger partial charge >= 0.3 is 0 Å². The Kier molecular flexibility index (Phi) is 2.82. The van der Waals surface area contributed by atoms with Crippen molar-refractivity contribution in [2.45, 2.75) is 0 Å². The highest BCUT2D eigenvalue weighted by molar-refractivity contribution is 6.22. The second kappa shape index (κ2) is 10.4. The molecule has 0 aliphatic carbocycles. The highest BCUT2D eigenvalue weighted by Crippen LogP contribution is 2.46. The van der Waals surface area contributed by atoms with Gasteiger partial charge in [0.1, 0.15) is 11.3 Å². The topological polar surface area (TPSA) is 13.1 Å². The molecule has 0 atom stereocenters. The molecule has 1 heteroatoms. The van der Waals surface area contributed by atoms with Crippen LogP contribution in [0.3, 0.4) is 0 Å². The molecule has 8 aromatic carbocycles. The minimum absolute atomic E-state index is 0.0763. The summed E-state index contributed by atoms with van der Waals surface area (Å²) in [5.41, 5.74) is -4.13. The average Bonchev–Trinajstić information content (AvgIpc) is 3.66. The Morgan fingerprint density at radius 2 is 1.02 bits per heavy atom. The first-order valence-electron chi connectivity index (χ1n) is 24.2. The summed E-state index contributed by atoms with van der Waals surface area (Å²) in [6.45, 7) is 0. The predicted molar refractivity (Wildman–Crippen MR) is 190 cm³/mol. The fourth-order valence-electron chi connectivity index (χ4n) is 5.65. The summed E-state index contributed by atoms with van der Waals surface area (Å²) in [6.07, 6.45) is 0. The number of furan rings is 1. The molecule has 210 valence electrons. The molecule has 9 aromatic rings. The van der Waals surface area contributed by atoms with E-state index < -0.39 is 181 Å². The zero-order valence-electron chi connectivity index (χ0n) is 43.9. The quantitative estimate of drug-likeness (QED) is 0.185. The van der Waals surface area contributed by atoms with Crippen LogP contribution in [0.15, 0.2) is 174 Å². The van der Waals surface area contributed by atoms with Crippen molar-refractivity contribution in [2.75, 3.05) is 0 Å². The van der Waals surface area contributed by atoms with E-state index in [1.165, 1.54) is 0 Å². The van der Waals surface area contributed by atoms with Crippen LogP contribution in [0.25, 0.3) is 88.0 Å². The van der Waals surface area contributed by atoms with E-state index in [0.29, 0.717) is 10.9 Å². The lowest BCUT2D eigenvalue weighted by Crippen LogP contribution is -1.92. The first-order valence-corrected chi connectivity index (χ1v) is 13.7. The van der Waals surface area contributed by atoms with E-state index in [-0.39, 0.29) is 17.2 Å². The van der Waals surface area contributed by atoms with Gasteiger partial charge in [-0.15, -0.1) is 0 Å². The van der Waals surface area contributed by atoms with Gasteiger partial charge < -0.3 is 4.42 Å². The van der Waals surface area contributed by atoms with E-state index in [1.807, 2.05) is 18.2 Å². The van der Waals surface area contributed by atoms with E-state index in [1.54, 1.807) is 24.3 Å². The molecule has 0 unspecified atom stereocenters. The van der Waals surface area contributed by atoms with E-state index in [0.717, 1.165) is 5.39 Å². The fraction of sp³-hybridized carbons (Fsp3) is 0. The summed E-state index contributed by atoms with van der Waals surface area (Å²) in [6, 6.07) is -5.82. The summed E-state index contributed by atoms with van der Waals surface area (Å²) in [5.74, 6) is -0.0763. The van der Waals surface area contributed by atoms with E-state index in [2.05, 4.69) is 0 Å². The van der Waals surface area contributed by atoms with E-state index in [9.17, 15) is 12.3 Å². The second-order valence-electron chi connectivity index (χ2n) is 10.0. The largest absolute Gasteiger partial charge is 0.456 e. The third-order valence-electron chi connectivity index (χ3n) is 7.57. The monoisotopic (exact) mass is 593 g/mol. The van der Waals surface area contributed by atoms with Crippen LogP contribution in [0.5, 0.6) is 0 Å². The molecule has 1 heterocycles. The Balaban J connectivity index is 1.58. The highest BCUT2D eigenvalue weighted by Gasteiger charge is 2.19. The predicted octanol–water partition coefficient (Wildman–Crippen LogP) is 12.6. The van der Waals surface area contributed by atoms with Crippen molar-refractivity contribution in [3.63, 3.8) is 0 Å². The van der Waals surface area contributed by atoms with Crippen LogP contribution in [-0.4, -0.2) is 0 Å². The van der Waals surface area contributed by atoms with Gasteiger partial charge in [-0.05, 0) is 77.8 Å². The molecule has 0 radical (unpaired) electrons. The standard InChI is InChI=1S/C44H28O/c1-2-13-29(14-3-1)34-18-6-7-19-36(34)44-39-22-10-8-20-37(39)43(38-21-9-11-23-40(38)44)32-26-25-31-27-42(45-41(31)28-32)35-24-12-16-30-15-4-5-17-33(30)35/h1-28H/i1D,2D,3D,6D,7D,8D,9D,10D,11D,13D,14D,18D,19D,20D,21D,22D,23D,25D,26D,27D,28D. The van der Waals surface area contributed by atoms with Gasteiger partial charge in [-0.2, -0.15) is 0 Å². The summed E-state index contributed by atoms with van der Waals surface area (Å²) >= 11 is 0. The van der Waals surface area contributed by atoms with Crippen LogP contribution in [0, 0.1) is 0 Å². The van der Waals surface area contributed by atoms with Gasteiger partial charge in [0.15, 0.2) is 0 Å². The molecule has 45 heavy (non-hydrogen) atoms. The van der Waals surface area contributed by atoms with Crippen LogP contribution in [0.4, 0.5) is 0 Å². The van der Waals surface area contributed by atoms with Crippen molar-refractivity contribution >= 4 is 43.3 Å². The van der Waals surface area contributed by atoms with Crippen molar-refractivity contribution in [3.8, 4) is 44.7 Å². The Morgan fingerprint density at radius 1 is 0.400 bits per heavy atom. The van der Waals surface area contributed by atoms with E-state index in [4.69, 9.17) is 20.9 Å². The minimum Gasteiger partial charge on any atom is -0.456 e. The van der Waals surface area contributed by atoms with Crippen molar-refractivity contribution in [1.82, 2.24) is 0 Å². The number of rotatable bonds is 4. The second-order valence-corrected chi connectivity index (χ2v) is 10.0. The lowest BCUT2D eigenvalue weighted by molar-refractivity contribution is 0.632. The van der Waals surface area contributed by atoms with Gasteiger partial charge in [0, 0.05) is 10.9 Å². The average molecular weight is 594 g/mol. The van der Waals surface area contributed by atoms with Crippen LogP contribution in [0.1, 0.15) is 28.8 Å². The summed E-state index contributed by atoms with van der Waals surface area (Å²) in [4.78, 5) is 0. The summed E-state index contributed by atoms with van der Waals surface area (Å²) in [7, 11) is 0. The third-order valence-corrected chi connectivity index (χ3v) is 7.57. The van der Waals surface area contributed by atoms with Crippen LogP contribution in [0.2, 0.25) is 0 Å². The van der Waals surface area contributed by atoms with Gasteiger partial charge in [0.2, 0.25) is 0 Å². The zero-order valence-corrected chi connectivity index (χ0v) is 22.9. The molecular weight excluding hydrogens is 544 g/mol. The molecule has 0 fully saturated rings. The maximum Gasteiger partial charge on any atom is 0.136 e. The SMILES string of the molecule is [2H]c1c([2H])c([2H])c(-c2c([2H])c([2H])c([2H])c([2H])c2-c2c3c([2H])c([2H])c([2H])c([2H])c3c(-c3c([2H])c([2H])c4c([2H])c(-c5cccc6ccccc56)oc4c3[2H])c3c([2H])c([2H])c([2H])c([2H])c23)c([2H])c1[2H]. The fourth-order valence-corrected chi connectivity index (χ4v) is 5.65. The molecule has 0 aliphatic rings. The minimum atomic E-state index is -0.982. The Morgan fingerprint density at radius 3 is 1.78 bits per heavy atom. The molecule has 0 saturated heterocycles. The third kappa shape index (κ3) is 4.17.